The highest BCUT2D eigenvalue weighted by Gasteiger charge is 2.21. The number of nitrogens with one attached hydrogen (secondary N) is 2. The van der Waals surface area contributed by atoms with Crippen LogP contribution >= 0.6 is 0 Å². The van der Waals surface area contributed by atoms with Crippen LogP contribution in [0.2, 0.25) is 0 Å². The largest absolute Gasteiger partial charge is 0.357 e. The van der Waals surface area contributed by atoms with E-state index < -0.39 is 0 Å². The van der Waals surface area contributed by atoms with E-state index in [0.29, 0.717) is 5.92 Å². The quantitative estimate of drug-likeness (QED) is 0.476. The molecule has 1 aromatic heterocycles. The minimum absolute atomic E-state index is 0.552. The first kappa shape index (κ1) is 14.6. The molecule has 6 heteroatoms. The predicted octanol–water partition coefficient (Wildman–Crippen LogP) is 0.890. The average molecular weight is 276 g/mol. The predicted molar refractivity (Wildman–Crippen MR) is 80.7 cm³/mol. The van der Waals surface area contributed by atoms with Crippen molar-refractivity contribution in [1.29, 1.82) is 0 Å². The topological polar surface area (TPSA) is 67.1 Å². The maximum atomic E-state index is 4.65. The summed E-state index contributed by atoms with van der Waals surface area (Å²) < 4.78 is 2.22. The summed E-state index contributed by atoms with van der Waals surface area (Å²) >= 11 is 0. The molecule has 6 nitrogen and oxygen atoms in total. The molecule has 2 rings (SSSR count). The number of fused-ring (bicyclic) bond motifs is 1. The first-order valence-corrected chi connectivity index (χ1v) is 7.26. The number of rotatable bonds is 5. The molecule has 2 N–H and O–H groups in total. The molecule has 110 valence electrons. The van der Waals surface area contributed by atoms with Crippen LogP contribution in [0.1, 0.15) is 25.0 Å². The van der Waals surface area contributed by atoms with Gasteiger partial charge in [-0.15, -0.1) is 16.8 Å². The van der Waals surface area contributed by atoms with Crippen LogP contribution in [0.4, 0.5) is 0 Å². The van der Waals surface area contributed by atoms with Gasteiger partial charge in [0.15, 0.2) is 5.96 Å². The Morgan fingerprint density at radius 1 is 1.50 bits per heavy atom. The second kappa shape index (κ2) is 7.07. The van der Waals surface area contributed by atoms with Gasteiger partial charge in [0.1, 0.15) is 11.6 Å². The van der Waals surface area contributed by atoms with Gasteiger partial charge in [0.05, 0.1) is 0 Å². The third kappa shape index (κ3) is 3.59. The van der Waals surface area contributed by atoms with Gasteiger partial charge in [0, 0.05) is 32.6 Å². The summed E-state index contributed by atoms with van der Waals surface area (Å²) in [6, 6.07) is 0. The normalized spacial score (nSPS) is 18.5. The fourth-order valence-electron chi connectivity index (χ4n) is 2.41. The van der Waals surface area contributed by atoms with E-state index in [0.717, 1.165) is 56.6 Å². The molecule has 1 aliphatic rings. The third-order valence-electron chi connectivity index (χ3n) is 3.49. The molecule has 1 aromatic rings. The fourth-order valence-corrected chi connectivity index (χ4v) is 2.41. The van der Waals surface area contributed by atoms with E-state index in [4.69, 9.17) is 0 Å². The lowest BCUT2D eigenvalue weighted by atomic mass is 9.99. The Labute approximate surface area is 120 Å². The highest BCUT2D eigenvalue weighted by atomic mass is 15.3. The van der Waals surface area contributed by atoms with Crippen LogP contribution in [0.25, 0.3) is 0 Å². The molecular weight excluding hydrogens is 252 g/mol. The molecule has 1 aliphatic heterocycles. The van der Waals surface area contributed by atoms with Gasteiger partial charge in [-0.1, -0.05) is 6.08 Å². The molecular formula is C14H24N6. The molecule has 0 bridgehead atoms. The van der Waals surface area contributed by atoms with Gasteiger partial charge in [-0.25, -0.2) is 0 Å². The molecule has 1 unspecified atom stereocenters. The minimum atomic E-state index is 0.552. The van der Waals surface area contributed by atoms with Gasteiger partial charge >= 0.3 is 0 Å². The minimum Gasteiger partial charge on any atom is -0.357 e. The molecule has 20 heavy (non-hydrogen) atoms. The Kier molecular flexibility index (Phi) is 5.15. The van der Waals surface area contributed by atoms with Gasteiger partial charge in [-0.05, 0) is 26.2 Å². The zero-order chi connectivity index (χ0) is 14.4. The molecule has 0 spiro atoms. The van der Waals surface area contributed by atoms with Crippen LogP contribution in [0, 0.1) is 12.8 Å². The van der Waals surface area contributed by atoms with Gasteiger partial charge < -0.3 is 15.2 Å². The van der Waals surface area contributed by atoms with E-state index in [1.54, 1.807) is 0 Å². The van der Waals surface area contributed by atoms with Crippen LogP contribution in [0.15, 0.2) is 17.6 Å². The van der Waals surface area contributed by atoms with Crippen molar-refractivity contribution in [2.45, 2.75) is 33.2 Å². The average Bonchev–Trinajstić information content (AvgIpc) is 2.83. The molecule has 0 fully saturated rings. The number of aryl methyl sites for hydroxylation is 2. The molecule has 0 aliphatic carbocycles. The fraction of sp³-hybridized carbons (Fsp3) is 0.643. The van der Waals surface area contributed by atoms with E-state index in [1.165, 1.54) is 0 Å². The Bertz CT molecular complexity index is 476. The monoisotopic (exact) mass is 276 g/mol. The smallest absolute Gasteiger partial charge is 0.191 e. The number of aliphatic imine (C=N–C) groups is 1. The molecule has 0 amide bonds. The SMILES string of the molecule is C=CCNC(=NCC1CCc2nnc(C)n2C1)NCC. The van der Waals surface area contributed by atoms with Crippen molar-refractivity contribution in [2.24, 2.45) is 10.9 Å². The van der Waals surface area contributed by atoms with Gasteiger partial charge in [0.2, 0.25) is 0 Å². The maximum Gasteiger partial charge on any atom is 0.191 e. The molecule has 0 saturated carbocycles. The Morgan fingerprint density at radius 3 is 3.10 bits per heavy atom. The number of aromatic nitrogens is 3. The van der Waals surface area contributed by atoms with Gasteiger partial charge in [0.25, 0.3) is 0 Å². The first-order chi connectivity index (χ1) is 9.74. The Morgan fingerprint density at radius 2 is 2.35 bits per heavy atom. The Hall–Kier alpha value is -1.85. The maximum absolute atomic E-state index is 4.65. The summed E-state index contributed by atoms with van der Waals surface area (Å²) in [6.07, 6.45) is 3.96. The van der Waals surface area contributed by atoms with E-state index >= 15 is 0 Å². The van der Waals surface area contributed by atoms with Crippen LogP contribution < -0.4 is 10.6 Å². The van der Waals surface area contributed by atoms with E-state index in [9.17, 15) is 0 Å². The standard InChI is InChI=1S/C14H24N6/c1-4-8-16-14(15-5-2)17-9-12-6-7-13-19-18-11(3)20(13)10-12/h4,12H,1,5-10H2,2-3H3,(H2,15,16,17). The lowest BCUT2D eigenvalue weighted by Gasteiger charge is -2.23. The summed E-state index contributed by atoms with van der Waals surface area (Å²) in [5, 5.41) is 14.8. The lowest BCUT2D eigenvalue weighted by molar-refractivity contribution is 0.369. The van der Waals surface area contributed by atoms with Crippen LogP contribution in [-0.2, 0) is 13.0 Å². The van der Waals surface area contributed by atoms with Crippen molar-refractivity contribution in [2.75, 3.05) is 19.6 Å². The highest BCUT2D eigenvalue weighted by molar-refractivity contribution is 5.79. The summed E-state index contributed by atoms with van der Waals surface area (Å²) in [5.74, 6) is 3.53. The summed E-state index contributed by atoms with van der Waals surface area (Å²) in [6.45, 7) is 11.2. The molecule has 1 atom stereocenters. The third-order valence-corrected chi connectivity index (χ3v) is 3.49. The number of hydrogen-bond acceptors (Lipinski definition) is 3. The van der Waals surface area contributed by atoms with Crippen molar-refractivity contribution >= 4 is 5.96 Å². The molecule has 0 aromatic carbocycles. The van der Waals surface area contributed by atoms with Crippen LogP contribution in [0.5, 0.6) is 0 Å². The van der Waals surface area contributed by atoms with E-state index in [2.05, 4.69) is 43.9 Å². The van der Waals surface area contributed by atoms with E-state index in [1.807, 2.05) is 13.0 Å². The molecule has 2 heterocycles. The van der Waals surface area contributed by atoms with Gasteiger partial charge in [-0.3, -0.25) is 4.99 Å². The summed E-state index contributed by atoms with van der Waals surface area (Å²) in [7, 11) is 0. The van der Waals surface area contributed by atoms with Crippen molar-refractivity contribution in [3.8, 4) is 0 Å². The van der Waals surface area contributed by atoms with Crippen molar-refractivity contribution in [3.05, 3.63) is 24.3 Å². The molecule has 0 radical (unpaired) electrons. The number of guanidine groups is 1. The van der Waals surface area contributed by atoms with E-state index in [-0.39, 0.29) is 0 Å². The first-order valence-electron chi connectivity index (χ1n) is 7.26. The highest BCUT2D eigenvalue weighted by Crippen LogP contribution is 2.19. The zero-order valence-corrected chi connectivity index (χ0v) is 12.4. The molecule has 0 saturated heterocycles. The second-order valence-corrected chi connectivity index (χ2v) is 5.07. The summed E-state index contributed by atoms with van der Waals surface area (Å²) in [4.78, 5) is 4.65. The van der Waals surface area contributed by atoms with Crippen LogP contribution in [0.3, 0.4) is 0 Å². The van der Waals surface area contributed by atoms with Gasteiger partial charge in [-0.2, -0.15) is 0 Å². The van der Waals surface area contributed by atoms with Crippen molar-refractivity contribution < 1.29 is 0 Å². The zero-order valence-electron chi connectivity index (χ0n) is 12.4. The van der Waals surface area contributed by atoms with Crippen LogP contribution in [-0.4, -0.2) is 40.4 Å². The lowest BCUT2D eigenvalue weighted by Crippen LogP contribution is -2.38. The second-order valence-electron chi connectivity index (χ2n) is 5.07. The number of hydrogen-bond donors (Lipinski definition) is 2. The number of nitrogens with zero attached hydrogens (tertiary/aromatic N) is 4. The van der Waals surface area contributed by atoms with Crippen molar-refractivity contribution in [1.82, 2.24) is 25.4 Å². The Balaban J connectivity index is 1.93. The summed E-state index contributed by atoms with van der Waals surface area (Å²) in [5.41, 5.74) is 0. The van der Waals surface area contributed by atoms with Crippen molar-refractivity contribution in [3.63, 3.8) is 0 Å².